The molecule has 1 N–H and O–H groups in total. The highest BCUT2D eigenvalue weighted by Gasteiger charge is 1.94. The molecule has 0 bridgehead atoms. The number of thiol groups is 1. The predicted molar refractivity (Wildman–Crippen MR) is 61.4 cm³/mol. The molecule has 70 valence electrons. The zero-order chi connectivity index (χ0) is 9.80. The molecule has 2 rings (SSSR count). The minimum atomic E-state index is 0.805. The third-order valence-electron chi connectivity index (χ3n) is 1.89. The topological polar surface area (TPSA) is 28.7 Å². The summed E-state index contributed by atoms with van der Waals surface area (Å²) in [7, 11) is 0. The average Bonchev–Trinajstić information content (AvgIpc) is 2.65. The molecule has 0 atom stereocenters. The van der Waals surface area contributed by atoms with Crippen molar-refractivity contribution in [2.75, 3.05) is 5.75 Å². The number of aromatic amines is 1. The fourth-order valence-electron chi connectivity index (χ4n) is 1.23. The first-order valence-corrected chi connectivity index (χ1v) is 5.06. The Labute approximate surface area is 88.2 Å². The van der Waals surface area contributed by atoms with E-state index >= 15 is 0 Å². The lowest BCUT2D eigenvalue weighted by molar-refractivity contribution is 1.31. The van der Waals surface area contributed by atoms with Gasteiger partial charge in [-0.15, -0.1) is 0 Å². The van der Waals surface area contributed by atoms with Gasteiger partial charge in [-0.3, -0.25) is 0 Å². The second kappa shape index (κ2) is 4.21. The van der Waals surface area contributed by atoms with E-state index in [0.29, 0.717) is 0 Å². The van der Waals surface area contributed by atoms with E-state index in [1.165, 1.54) is 0 Å². The first kappa shape index (κ1) is 9.17. The number of hydrogen-bond donors (Lipinski definition) is 2. The van der Waals surface area contributed by atoms with Crippen molar-refractivity contribution in [2.24, 2.45) is 0 Å². The van der Waals surface area contributed by atoms with Crippen molar-refractivity contribution in [1.29, 1.82) is 0 Å². The molecule has 0 aliphatic carbocycles. The molecule has 0 fully saturated rings. The first-order valence-electron chi connectivity index (χ1n) is 4.43. The average molecular weight is 202 g/mol. The number of rotatable bonds is 1. The minimum absolute atomic E-state index is 0.805. The molecule has 1 heterocycles. The Morgan fingerprint density at radius 2 is 2.36 bits per heavy atom. The molecule has 2 nitrogen and oxygen atoms in total. The number of aromatic nitrogens is 2. The lowest BCUT2D eigenvalue weighted by Crippen LogP contribution is -1.76. The van der Waals surface area contributed by atoms with Crippen molar-refractivity contribution in [3.05, 3.63) is 30.1 Å². The van der Waals surface area contributed by atoms with Gasteiger partial charge in [0.15, 0.2) is 0 Å². The molecule has 0 saturated carbocycles. The van der Waals surface area contributed by atoms with Gasteiger partial charge in [0.25, 0.3) is 0 Å². The monoisotopic (exact) mass is 202 g/mol. The Morgan fingerprint density at radius 1 is 1.43 bits per heavy atom. The molecule has 0 amide bonds. The summed E-state index contributed by atoms with van der Waals surface area (Å²) in [6.45, 7) is 0. The minimum Gasteiger partial charge on any atom is -0.345 e. The molecule has 1 aromatic carbocycles. The van der Waals surface area contributed by atoms with Gasteiger partial charge >= 0.3 is 0 Å². The van der Waals surface area contributed by atoms with Crippen LogP contribution in [0.4, 0.5) is 0 Å². The Morgan fingerprint density at radius 3 is 3.21 bits per heavy atom. The van der Waals surface area contributed by atoms with Crippen molar-refractivity contribution in [2.45, 2.75) is 6.42 Å². The molecule has 0 saturated heterocycles. The van der Waals surface area contributed by atoms with Gasteiger partial charge in [0.2, 0.25) is 0 Å². The number of hydrogen-bond acceptors (Lipinski definition) is 2. The van der Waals surface area contributed by atoms with Crippen LogP contribution in [-0.4, -0.2) is 15.7 Å². The number of nitrogens with one attached hydrogen (secondary N) is 1. The maximum Gasteiger partial charge on any atom is 0.0931 e. The van der Waals surface area contributed by atoms with Gasteiger partial charge < -0.3 is 4.98 Å². The van der Waals surface area contributed by atoms with Crippen LogP contribution >= 0.6 is 12.6 Å². The molecule has 2 aromatic rings. The molecule has 1 aromatic heterocycles. The summed E-state index contributed by atoms with van der Waals surface area (Å²) in [5.74, 6) is 6.93. The third kappa shape index (κ3) is 1.91. The highest BCUT2D eigenvalue weighted by molar-refractivity contribution is 7.80. The maximum absolute atomic E-state index is 4.14. The molecular weight excluding hydrogens is 192 g/mol. The normalized spacial score (nSPS) is 9.79. The second-order valence-corrected chi connectivity index (χ2v) is 3.36. The summed E-state index contributed by atoms with van der Waals surface area (Å²) in [4.78, 5) is 7.20. The van der Waals surface area contributed by atoms with E-state index in [2.05, 4.69) is 34.4 Å². The fraction of sp³-hybridized carbons (Fsp3) is 0.182. The van der Waals surface area contributed by atoms with Crippen LogP contribution in [0.5, 0.6) is 0 Å². The van der Waals surface area contributed by atoms with Crippen LogP contribution in [-0.2, 0) is 0 Å². The first-order chi connectivity index (χ1) is 6.90. The lowest BCUT2D eigenvalue weighted by Gasteiger charge is -1.90. The van der Waals surface area contributed by atoms with Crippen molar-refractivity contribution < 1.29 is 0 Å². The second-order valence-electron chi connectivity index (χ2n) is 2.91. The summed E-state index contributed by atoms with van der Waals surface area (Å²) in [5.41, 5.74) is 3.02. The Kier molecular flexibility index (Phi) is 2.76. The van der Waals surface area contributed by atoms with E-state index in [-0.39, 0.29) is 0 Å². The van der Waals surface area contributed by atoms with Gasteiger partial charge in [0.1, 0.15) is 0 Å². The number of benzene rings is 1. The SMILES string of the molecule is SCCC#Cc1ccc2nc[nH]c2c1. The smallest absolute Gasteiger partial charge is 0.0931 e. The van der Waals surface area contributed by atoms with Crippen LogP contribution in [0, 0.1) is 11.8 Å². The van der Waals surface area contributed by atoms with Crippen molar-refractivity contribution >= 4 is 23.7 Å². The predicted octanol–water partition coefficient (Wildman–Crippen LogP) is 2.23. The largest absolute Gasteiger partial charge is 0.345 e. The van der Waals surface area contributed by atoms with E-state index in [0.717, 1.165) is 28.8 Å². The van der Waals surface area contributed by atoms with Gasteiger partial charge in [-0.25, -0.2) is 4.98 Å². The highest BCUT2D eigenvalue weighted by atomic mass is 32.1. The summed E-state index contributed by atoms with van der Waals surface area (Å²) in [5, 5.41) is 0. The Hall–Kier alpha value is -1.40. The van der Waals surface area contributed by atoms with E-state index in [9.17, 15) is 0 Å². The van der Waals surface area contributed by atoms with Crippen molar-refractivity contribution in [3.8, 4) is 11.8 Å². The summed E-state index contributed by atoms with van der Waals surface area (Å²) in [6, 6.07) is 5.96. The van der Waals surface area contributed by atoms with Gasteiger partial charge in [0.05, 0.1) is 17.4 Å². The molecule has 0 aliphatic rings. The fourth-order valence-corrected chi connectivity index (χ4v) is 1.35. The highest BCUT2D eigenvalue weighted by Crippen LogP contribution is 2.10. The van der Waals surface area contributed by atoms with Gasteiger partial charge in [-0.05, 0) is 18.2 Å². The maximum atomic E-state index is 4.14. The molecule has 0 radical (unpaired) electrons. The van der Waals surface area contributed by atoms with Gasteiger partial charge in [-0.2, -0.15) is 12.6 Å². The van der Waals surface area contributed by atoms with Crippen LogP contribution in [0.15, 0.2) is 24.5 Å². The standard InChI is InChI=1S/C11H10N2S/c14-6-2-1-3-9-4-5-10-11(7-9)13-8-12-10/h4-5,7-8,14H,2,6H2,(H,12,13). The van der Waals surface area contributed by atoms with Crippen LogP contribution in [0.3, 0.4) is 0 Å². The quantitative estimate of drug-likeness (QED) is 0.539. The van der Waals surface area contributed by atoms with Gasteiger partial charge in [-0.1, -0.05) is 11.8 Å². The van der Waals surface area contributed by atoms with Crippen LogP contribution < -0.4 is 0 Å². The van der Waals surface area contributed by atoms with Crippen LogP contribution in [0.1, 0.15) is 12.0 Å². The van der Waals surface area contributed by atoms with Crippen molar-refractivity contribution in [3.63, 3.8) is 0 Å². The Bertz CT molecular complexity index is 490. The van der Waals surface area contributed by atoms with E-state index in [1.807, 2.05) is 18.2 Å². The molecule has 0 aliphatic heterocycles. The summed E-state index contributed by atoms with van der Waals surface area (Å²) < 4.78 is 0. The van der Waals surface area contributed by atoms with E-state index < -0.39 is 0 Å². The van der Waals surface area contributed by atoms with Crippen molar-refractivity contribution in [1.82, 2.24) is 9.97 Å². The van der Waals surface area contributed by atoms with Crippen LogP contribution in [0.25, 0.3) is 11.0 Å². The third-order valence-corrected chi connectivity index (χ3v) is 2.11. The molecule has 0 spiro atoms. The van der Waals surface area contributed by atoms with Crippen LogP contribution in [0.2, 0.25) is 0 Å². The molecular formula is C11H10N2S. The van der Waals surface area contributed by atoms with E-state index in [4.69, 9.17) is 0 Å². The number of nitrogens with zero attached hydrogens (tertiary/aromatic N) is 1. The number of H-pyrrole nitrogens is 1. The summed E-state index contributed by atoms with van der Waals surface area (Å²) >= 11 is 4.10. The number of imidazole rings is 1. The summed E-state index contributed by atoms with van der Waals surface area (Å²) in [6.07, 6.45) is 2.51. The molecule has 0 unspecified atom stereocenters. The van der Waals surface area contributed by atoms with Gasteiger partial charge in [0, 0.05) is 17.7 Å². The Balaban J connectivity index is 2.31. The lowest BCUT2D eigenvalue weighted by atomic mass is 10.2. The molecule has 3 heteroatoms. The zero-order valence-corrected chi connectivity index (χ0v) is 8.51. The number of fused-ring (bicyclic) bond motifs is 1. The molecule has 14 heavy (non-hydrogen) atoms. The van der Waals surface area contributed by atoms with E-state index in [1.54, 1.807) is 6.33 Å². The zero-order valence-electron chi connectivity index (χ0n) is 7.62.